The van der Waals surface area contributed by atoms with E-state index in [9.17, 15) is 18.0 Å². The third kappa shape index (κ3) is 4.99. The number of benzene rings is 1. The van der Waals surface area contributed by atoms with E-state index < -0.39 is 42.3 Å². The topological polar surface area (TPSA) is 29.5 Å². The third-order valence-corrected chi connectivity index (χ3v) is 4.54. The molecule has 0 radical (unpaired) electrons. The summed E-state index contributed by atoms with van der Waals surface area (Å²) in [7, 11) is 0. The maximum Gasteiger partial charge on any atom is 0.410 e. The summed E-state index contributed by atoms with van der Waals surface area (Å²) in [5.41, 5.74) is -0.150. The molecular formula is C16H19F3INO2. The molecule has 0 saturated heterocycles. The number of carbonyl (C=O) groups is 1. The molecule has 0 bridgehead atoms. The lowest BCUT2D eigenvalue weighted by atomic mass is 9.87. The van der Waals surface area contributed by atoms with Gasteiger partial charge < -0.3 is 9.64 Å². The zero-order valence-corrected chi connectivity index (χ0v) is 15.4. The van der Waals surface area contributed by atoms with Crippen molar-refractivity contribution in [3.05, 3.63) is 33.1 Å². The van der Waals surface area contributed by atoms with Crippen LogP contribution in [0.25, 0.3) is 0 Å². The molecular weight excluding hydrogens is 422 g/mol. The molecule has 1 aromatic carbocycles. The van der Waals surface area contributed by atoms with E-state index in [2.05, 4.69) is 0 Å². The molecule has 1 aliphatic rings. The Labute approximate surface area is 147 Å². The molecule has 0 N–H and O–H groups in total. The minimum atomic E-state index is -2.75. The summed E-state index contributed by atoms with van der Waals surface area (Å²) in [6, 6.07) is 3.63. The van der Waals surface area contributed by atoms with Gasteiger partial charge in [-0.05, 0) is 67.1 Å². The normalized spacial score (nSPS) is 17.5. The van der Waals surface area contributed by atoms with Gasteiger partial charge in [0.15, 0.2) is 0 Å². The lowest BCUT2D eigenvalue weighted by Crippen LogP contribution is -2.53. The van der Waals surface area contributed by atoms with Gasteiger partial charge in [0.2, 0.25) is 0 Å². The molecule has 23 heavy (non-hydrogen) atoms. The monoisotopic (exact) mass is 441 g/mol. The van der Waals surface area contributed by atoms with Crippen LogP contribution in [-0.2, 0) is 11.3 Å². The number of nitrogens with zero attached hydrogens (tertiary/aromatic N) is 1. The highest BCUT2D eigenvalue weighted by molar-refractivity contribution is 14.1. The number of halogens is 4. The van der Waals surface area contributed by atoms with E-state index in [1.165, 1.54) is 17.0 Å². The first-order valence-electron chi connectivity index (χ1n) is 7.28. The van der Waals surface area contributed by atoms with E-state index in [-0.39, 0.29) is 6.54 Å². The van der Waals surface area contributed by atoms with Gasteiger partial charge in [0, 0.05) is 22.5 Å². The SMILES string of the molecule is CC(C)(C)OC(=O)N(Cc1cc(F)ccc1I)C1CC(F)(F)C1. The lowest BCUT2D eigenvalue weighted by Gasteiger charge is -2.42. The molecule has 1 aromatic rings. The first kappa shape index (κ1) is 18.4. The van der Waals surface area contributed by atoms with Crippen LogP contribution in [0.1, 0.15) is 39.2 Å². The quantitative estimate of drug-likeness (QED) is 0.621. The van der Waals surface area contributed by atoms with Crippen LogP contribution >= 0.6 is 22.6 Å². The van der Waals surface area contributed by atoms with E-state index in [4.69, 9.17) is 4.74 Å². The fourth-order valence-electron chi connectivity index (χ4n) is 2.36. The van der Waals surface area contributed by atoms with Crippen LogP contribution in [0.5, 0.6) is 0 Å². The van der Waals surface area contributed by atoms with Crippen molar-refractivity contribution >= 4 is 28.7 Å². The third-order valence-electron chi connectivity index (χ3n) is 3.49. The molecule has 2 rings (SSSR count). The molecule has 0 atom stereocenters. The highest BCUT2D eigenvalue weighted by Gasteiger charge is 2.49. The molecule has 0 spiro atoms. The van der Waals surface area contributed by atoms with Crippen molar-refractivity contribution in [1.82, 2.24) is 4.90 Å². The maximum absolute atomic E-state index is 13.4. The van der Waals surface area contributed by atoms with E-state index in [0.29, 0.717) is 5.56 Å². The number of rotatable bonds is 3. The number of alkyl halides is 2. The average molecular weight is 441 g/mol. The van der Waals surface area contributed by atoms with Gasteiger partial charge in [-0.2, -0.15) is 0 Å². The van der Waals surface area contributed by atoms with Gasteiger partial charge in [-0.1, -0.05) is 0 Å². The van der Waals surface area contributed by atoms with Gasteiger partial charge in [-0.3, -0.25) is 0 Å². The second-order valence-corrected chi connectivity index (χ2v) is 7.92. The van der Waals surface area contributed by atoms with Gasteiger partial charge in [0.05, 0.1) is 6.54 Å². The second kappa shape index (κ2) is 6.49. The Kier molecular flexibility index (Phi) is 5.18. The maximum atomic E-state index is 13.4. The first-order valence-corrected chi connectivity index (χ1v) is 8.36. The predicted octanol–water partition coefficient (Wildman–Crippen LogP) is 4.97. The number of ether oxygens (including phenoxy) is 1. The fourth-order valence-corrected chi connectivity index (χ4v) is 2.87. The summed E-state index contributed by atoms with van der Waals surface area (Å²) >= 11 is 2.03. The second-order valence-electron chi connectivity index (χ2n) is 6.76. The van der Waals surface area contributed by atoms with Crippen molar-refractivity contribution < 1.29 is 22.7 Å². The van der Waals surface area contributed by atoms with Gasteiger partial charge in [-0.25, -0.2) is 18.0 Å². The molecule has 3 nitrogen and oxygen atoms in total. The van der Waals surface area contributed by atoms with Crippen LogP contribution in [0.2, 0.25) is 0 Å². The van der Waals surface area contributed by atoms with E-state index in [0.717, 1.165) is 3.57 Å². The van der Waals surface area contributed by atoms with Crippen LogP contribution < -0.4 is 0 Å². The van der Waals surface area contributed by atoms with Crippen LogP contribution in [0.3, 0.4) is 0 Å². The number of hydrogen-bond donors (Lipinski definition) is 0. The Morgan fingerprint density at radius 1 is 1.39 bits per heavy atom. The van der Waals surface area contributed by atoms with E-state index in [1.54, 1.807) is 26.8 Å². The molecule has 0 aliphatic heterocycles. The highest BCUT2D eigenvalue weighted by atomic mass is 127. The summed E-state index contributed by atoms with van der Waals surface area (Å²) in [5.74, 6) is -3.18. The van der Waals surface area contributed by atoms with Crippen molar-refractivity contribution in [2.45, 2.75) is 57.7 Å². The molecule has 0 aromatic heterocycles. The van der Waals surface area contributed by atoms with Crippen molar-refractivity contribution in [1.29, 1.82) is 0 Å². The number of amides is 1. The van der Waals surface area contributed by atoms with E-state index in [1.807, 2.05) is 22.6 Å². The smallest absolute Gasteiger partial charge is 0.410 e. The molecule has 1 amide bonds. The average Bonchev–Trinajstić information content (AvgIpc) is 2.34. The van der Waals surface area contributed by atoms with Gasteiger partial charge in [0.1, 0.15) is 11.4 Å². The van der Waals surface area contributed by atoms with E-state index >= 15 is 0 Å². The van der Waals surface area contributed by atoms with Crippen molar-refractivity contribution in [3.63, 3.8) is 0 Å². The molecule has 0 heterocycles. The van der Waals surface area contributed by atoms with Crippen molar-refractivity contribution in [2.75, 3.05) is 0 Å². The Morgan fingerprint density at radius 3 is 2.52 bits per heavy atom. The minimum absolute atomic E-state index is 0.0473. The lowest BCUT2D eigenvalue weighted by molar-refractivity contribution is -0.124. The standard InChI is InChI=1S/C16H19F3INO2/c1-15(2,3)23-14(22)21(12-7-16(18,19)8-12)9-10-6-11(17)4-5-13(10)20/h4-6,12H,7-9H2,1-3H3. The van der Waals surface area contributed by atoms with Crippen LogP contribution in [-0.4, -0.2) is 28.6 Å². The molecule has 7 heteroatoms. The number of carbonyl (C=O) groups excluding carboxylic acids is 1. The fraction of sp³-hybridized carbons (Fsp3) is 0.562. The van der Waals surface area contributed by atoms with Crippen molar-refractivity contribution in [2.24, 2.45) is 0 Å². The first-order chi connectivity index (χ1) is 10.5. The van der Waals surface area contributed by atoms with Gasteiger partial charge in [0.25, 0.3) is 5.92 Å². The summed E-state index contributed by atoms with van der Waals surface area (Å²) in [6.07, 6.45) is -1.44. The molecule has 1 fully saturated rings. The van der Waals surface area contributed by atoms with Crippen LogP contribution in [0, 0.1) is 9.39 Å². The summed E-state index contributed by atoms with van der Waals surface area (Å²) in [4.78, 5) is 13.6. The Hall–Kier alpha value is -0.990. The van der Waals surface area contributed by atoms with Gasteiger partial charge >= 0.3 is 6.09 Å². The minimum Gasteiger partial charge on any atom is -0.444 e. The zero-order valence-electron chi connectivity index (χ0n) is 13.2. The van der Waals surface area contributed by atoms with Crippen LogP contribution in [0.15, 0.2) is 18.2 Å². The van der Waals surface area contributed by atoms with Crippen molar-refractivity contribution in [3.8, 4) is 0 Å². The van der Waals surface area contributed by atoms with Crippen LogP contribution in [0.4, 0.5) is 18.0 Å². The molecule has 1 aliphatic carbocycles. The number of hydrogen-bond acceptors (Lipinski definition) is 2. The summed E-state index contributed by atoms with van der Waals surface area (Å²) in [5, 5.41) is 0. The zero-order chi connectivity index (χ0) is 17.4. The predicted molar refractivity (Wildman–Crippen MR) is 88.9 cm³/mol. The Bertz CT molecular complexity index is 593. The largest absolute Gasteiger partial charge is 0.444 e. The molecule has 0 unspecified atom stereocenters. The van der Waals surface area contributed by atoms with Gasteiger partial charge in [-0.15, -0.1) is 0 Å². The molecule has 128 valence electrons. The Morgan fingerprint density at radius 2 is 2.00 bits per heavy atom. The molecule has 1 saturated carbocycles. The summed E-state index contributed by atoms with van der Waals surface area (Å²) < 4.78 is 45.9. The highest BCUT2D eigenvalue weighted by Crippen LogP contribution is 2.41. The Balaban J connectivity index is 2.20. The summed E-state index contributed by atoms with van der Waals surface area (Å²) in [6.45, 7) is 5.19.